The van der Waals surface area contributed by atoms with Crippen LogP contribution >= 0.6 is 23.7 Å². The first-order valence-electron chi connectivity index (χ1n) is 6.97. The first-order valence-corrected chi connectivity index (χ1v) is 7.85. The van der Waals surface area contributed by atoms with Crippen LogP contribution in [0.4, 0.5) is 0 Å². The van der Waals surface area contributed by atoms with Crippen LogP contribution in [0.25, 0.3) is 0 Å². The lowest BCUT2D eigenvalue weighted by atomic mass is 9.94. The van der Waals surface area contributed by atoms with E-state index in [9.17, 15) is 4.79 Å². The van der Waals surface area contributed by atoms with Gasteiger partial charge < -0.3 is 11.1 Å². The molecule has 0 atom stereocenters. The highest BCUT2D eigenvalue weighted by Crippen LogP contribution is 2.50. The minimum atomic E-state index is -0.0467. The molecule has 1 saturated carbocycles. The number of carbonyl (C=O) groups excluding carboxylic acids is 1. The number of hydrogen-bond acceptors (Lipinski definition) is 4. The quantitative estimate of drug-likeness (QED) is 0.812. The van der Waals surface area contributed by atoms with Gasteiger partial charge in [-0.25, -0.2) is 4.98 Å². The maximum Gasteiger partial charge on any atom is 0.270 e. The molecule has 0 bridgehead atoms. The van der Waals surface area contributed by atoms with Gasteiger partial charge in [0, 0.05) is 18.3 Å². The number of halogens is 1. The molecule has 6 heteroatoms. The van der Waals surface area contributed by atoms with Crippen molar-refractivity contribution in [2.75, 3.05) is 13.1 Å². The Bertz CT molecular complexity index is 443. The summed E-state index contributed by atoms with van der Waals surface area (Å²) in [5.41, 5.74) is 6.38. The van der Waals surface area contributed by atoms with Crippen molar-refractivity contribution in [1.82, 2.24) is 10.3 Å². The van der Waals surface area contributed by atoms with E-state index in [0.29, 0.717) is 23.6 Å². The maximum absolute atomic E-state index is 12.0. The van der Waals surface area contributed by atoms with E-state index < -0.39 is 0 Å². The van der Waals surface area contributed by atoms with Crippen LogP contribution in [0.5, 0.6) is 0 Å². The van der Waals surface area contributed by atoms with Crippen LogP contribution < -0.4 is 11.1 Å². The van der Waals surface area contributed by atoms with Gasteiger partial charge in [0.2, 0.25) is 0 Å². The van der Waals surface area contributed by atoms with Gasteiger partial charge in [0.15, 0.2) is 0 Å². The second-order valence-corrected chi connectivity index (χ2v) is 6.89. The van der Waals surface area contributed by atoms with Crippen LogP contribution in [0, 0.1) is 11.3 Å². The number of carbonyl (C=O) groups is 1. The van der Waals surface area contributed by atoms with Crippen molar-refractivity contribution >= 4 is 29.7 Å². The van der Waals surface area contributed by atoms with E-state index in [0.717, 1.165) is 18.0 Å². The fourth-order valence-electron chi connectivity index (χ4n) is 2.51. The zero-order valence-corrected chi connectivity index (χ0v) is 13.8. The second kappa shape index (κ2) is 7.38. The van der Waals surface area contributed by atoms with Gasteiger partial charge in [0.25, 0.3) is 5.91 Å². The third kappa shape index (κ3) is 4.72. The Morgan fingerprint density at radius 1 is 1.55 bits per heavy atom. The molecule has 0 radical (unpaired) electrons. The minimum Gasteiger partial charge on any atom is -0.350 e. The molecule has 0 spiro atoms. The van der Waals surface area contributed by atoms with Gasteiger partial charge in [0.1, 0.15) is 5.69 Å². The molecule has 4 nitrogen and oxygen atoms in total. The molecule has 0 saturated heterocycles. The molecule has 1 fully saturated rings. The molecule has 0 unspecified atom stereocenters. The van der Waals surface area contributed by atoms with Gasteiger partial charge in [-0.2, -0.15) is 0 Å². The van der Waals surface area contributed by atoms with Crippen molar-refractivity contribution in [3.63, 3.8) is 0 Å². The third-order valence-corrected chi connectivity index (χ3v) is 4.47. The van der Waals surface area contributed by atoms with E-state index in [1.54, 1.807) is 0 Å². The smallest absolute Gasteiger partial charge is 0.270 e. The Hall–Kier alpha value is -0.650. The molecule has 0 aromatic carbocycles. The highest BCUT2D eigenvalue weighted by molar-refractivity contribution is 7.09. The Balaban J connectivity index is 0.00000200. The van der Waals surface area contributed by atoms with Crippen molar-refractivity contribution in [2.45, 2.75) is 39.5 Å². The third-order valence-electron chi connectivity index (χ3n) is 3.56. The van der Waals surface area contributed by atoms with E-state index in [1.165, 1.54) is 30.6 Å². The van der Waals surface area contributed by atoms with E-state index >= 15 is 0 Å². The van der Waals surface area contributed by atoms with Crippen LogP contribution in [0.3, 0.4) is 0 Å². The first-order chi connectivity index (χ1) is 9.04. The number of rotatable bonds is 7. The lowest BCUT2D eigenvalue weighted by molar-refractivity contribution is 0.0938. The van der Waals surface area contributed by atoms with Gasteiger partial charge in [-0.3, -0.25) is 4.79 Å². The normalized spacial score (nSPS) is 15.8. The van der Waals surface area contributed by atoms with Crippen LogP contribution in [0.2, 0.25) is 0 Å². The molecule has 1 aliphatic rings. The molecule has 1 aromatic heterocycles. The molecule has 20 heavy (non-hydrogen) atoms. The Morgan fingerprint density at radius 2 is 2.25 bits per heavy atom. The SMILES string of the molecule is CC(C)CC1(CNC(=O)c2csc(CCN)n2)CC1.Cl. The summed E-state index contributed by atoms with van der Waals surface area (Å²) in [6, 6.07) is 0. The van der Waals surface area contributed by atoms with E-state index in [2.05, 4.69) is 24.1 Å². The summed E-state index contributed by atoms with van der Waals surface area (Å²) in [5, 5.41) is 5.80. The van der Waals surface area contributed by atoms with Crippen molar-refractivity contribution in [1.29, 1.82) is 0 Å². The lowest BCUT2D eigenvalue weighted by Crippen LogP contribution is -2.31. The Labute approximate surface area is 131 Å². The van der Waals surface area contributed by atoms with Crippen LogP contribution in [0.15, 0.2) is 5.38 Å². The average Bonchev–Trinajstić information content (AvgIpc) is 2.93. The fourth-order valence-corrected chi connectivity index (χ4v) is 3.30. The predicted molar refractivity (Wildman–Crippen MR) is 85.6 cm³/mol. The fraction of sp³-hybridized carbons (Fsp3) is 0.714. The van der Waals surface area contributed by atoms with Crippen LogP contribution in [0.1, 0.15) is 48.6 Å². The molecule has 1 heterocycles. The summed E-state index contributed by atoms with van der Waals surface area (Å²) in [6.45, 7) is 5.84. The van der Waals surface area contributed by atoms with Gasteiger partial charge in [-0.05, 0) is 37.1 Å². The molecular formula is C14H24ClN3OS. The van der Waals surface area contributed by atoms with Crippen LogP contribution in [-0.4, -0.2) is 24.0 Å². The van der Waals surface area contributed by atoms with E-state index in [1.807, 2.05) is 5.38 Å². The number of nitrogens with zero attached hydrogens (tertiary/aromatic N) is 1. The molecule has 114 valence electrons. The Kier molecular flexibility index (Phi) is 6.43. The van der Waals surface area contributed by atoms with Gasteiger partial charge in [-0.15, -0.1) is 23.7 Å². The summed E-state index contributed by atoms with van der Waals surface area (Å²) < 4.78 is 0. The summed E-state index contributed by atoms with van der Waals surface area (Å²) >= 11 is 1.51. The summed E-state index contributed by atoms with van der Waals surface area (Å²) in [4.78, 5) is 16.3. The monoisotopic (exact) mass is 317 g/mol. The highest BCUT2D eigenvalue weighted by atomic mass is 35.5. The topological polar surface area (TPSA) is 68.0 Å². The number of nitrogens with one attached hydrogen (secondary N) is 1. The highest BCUT2D eigenvalue weighted by Gasteiger charge is 2.42. The van der Waals surface area contributed by atoms with Crippen molar-refractivity contribution in [3.8, 4) is 0 Å². The summed E-state index contributed by atoms with van der Waals surface area (Å²) in [6.07, 6.45) is 4.42. The molecule has 2 rings (SSSR count). The zero-order chi connectivity index (χ0) is 13.9. The molecule has 0 aliphatic heterocycles. The lowest BCUT2D eigenvalue weighted by Gasteiger charge is -2.17. The molecular weight excluding hydrogens is 294 g/mol. The van der Waals surface area contributed by atoms with Crippen molar-refractivity contribution < 1.29 is 4.79 Å². The van der Waals surface area contributed by atoms with E-state index in [4.69, 9.17) is 5.73 Å². The van der Waals surface area contributed by atoms with E-state index in [-0.39, 0.29) is 18.3 Å². The van der Waals surface area contributed by atoms with Gasteiger partial charge in [0.05, 0.1) is 5.01 Å². The van der Waals surface area contributed by atoms with Crippen molar-refractivity contribution in [3.05, 3.63) is 16.1 Å². The number of amides is 1. The number of nitrogens with two attached hydrogens (primary N) is 1. The largest absolute Gasteiger partial charge is 0.350 e. The maximum atomic E-state index is 12.0. The zero-order valence-electron chi connectivity index (χ0n) is 12.1. The standard InChI is InChI=1S/C14H23N3OS.ClH/c1-10(2)7-14(4-5-14)9-16-13(18)11-8-19-12(17-11)3-6-15;/h8,10H,3-7,9,15H2,1-2H3,(H,16,18);1H. The van der Waals surface area contributed by atoms with Crippen molar-refractivity contribution in [2.24, 2.45) is 17.1 Å². The number of aromatic nitrogens is 1. The molecule has 1 aromatic rings. The van der Waals surface area contributed by atoms with Gasteiger partial charge >= 0.3 is 0 Å². The molecule has 1 aliphatic carbocycles. The average molecular weight is 318 g/mol. The predicted octanol–water partition coefficient (Wildman–Crippen LogP) is 2.62. The number of hydrogen-bond donors (Lipinski definition) is 2. The Morgan fingerprint density at radius 3 is 2.80 bits per heavy atom. The van der Waals surface area contributed by atoms with Gasteiger partial charge in [-0.1, -0.05) is 13.8 Å². The second-order valence-electron chi connectivity index (χ2n) is 5.95. The molecule has 3 N–H and O–H groups in total. The number of thiazole rings is 1. The minimum absolute atomic E-state index is 0. The summed E-state index contributed by atoms with van der Waals surface area (Å²) in [5.74, 6) is 0.643. The van der Waals surface area contributed by atoms with Crippen LogP contribution in [-0.2, 0) is 6.42 Å². The molecule has 1 amide bonds. The summed E-state index contributed by atoms with van der Waals surface area (Å²) in [7, 11) is 0. The first kappa shape index (κ1) is 17.4.